The standard InChI is InChI=1S/C22H20FN3O3S/c1-2-29-17-9-7-16(8-10-17)25-21(28)13-30-22-19(12-24)18(11-20(27)26-22)14-3-5-15(23)6-4-14/h3-10,18H,2,11,13H2,1H3,(H,25,28)(H,26,27)/t18-/m0/s1. The molecule has 0 spiro atoms. The largest absolute Gasteiger partial charge is 0.494 e. The van der Waals surface area contributed by atoms with E-state index < -0.39 is 5.92 Å². The molecule has 0 saturated carbocycles. The maximum atomic E-state index is 13.2. The van der Waals surface area contributed by atoms with Crippen LogP contribution in [0.15, 0.2) is 59.1 Å². The molecule has 1 aliphatic heterocycles. The molecule has 0 radical (unpaired) electrons. The number of allylic oxidation sites excluding steroid dienone is 1. The lowest BCUT2D eigenvalue weighted by atomic mass is 9.87. The van der Waals surface area contributed by atoms with Crippen molar-refractivity contribution in [3.63, 3.8) is 0 Å². The lowest BCUT2D eigenvalue weighted by Gasteiger charge is -2.25. The van der Waals surface area contributed by atoms with E-state index in [1.54, 1.807) is 36.4 Å². The lowest BCUT2D eigenvalue weighted by molar-refractivity contribution is -0.121. The highest BCUT2D eigenvalue weighted by Crippen LogP contribution is 2.36. The first kappa shape index (κ1) is 21.4. The van der Waals surface area contributed by atoms with Gasteiger partial charge in [-0.2, -0.15) is 5.26 Å². The van der Waals surface area contributed by atoms with Crippen molar-refractivity contribution in [1.82, 2.24) is 5.32 Å². The molecule has 2 N–H and O–H groups in total. The number of ether oxygens (including phenoxy) is 1. The SMILES string of the molecule is CCOc1ccc(NC(=O)CSC2=C(C#N)[C@H](c3ccc(F)cc3)CC(=O)N2)cc1. The number of thioether (sulfide) groups is 1. The average Bonchev–Trinajstić information content (AvgIpc) is 2.74. The van der Waals surface area contributed by atoms with E-state index in [2.05, 4.69) is 16.7 Å². The molecule has 0 aromatic heterocycles. The number of carbonyl (C=O) groups excluding carboxylic acids is 2. The van der Waals surface area contributed by atoms with Crippen molar-refractivity contribution < 1.29 is 18.7 Å². The first-order chi connectivity index (χ1) is 14.5. The van der Waals surface area contributed by atoms with Crippen LogP contribution in [0.25, 0.3) is 0 Å². The molecule has 0 aliphatic carbocycles. The fourth-order valence-corrected chi connectivity index (χ4v) is 3.93. The number of rotatable bonds is 7. The average molecular weight is 425 g/mol. The lowest BCUT2D eigenvalue weighted by Crippen LogP contribution is -2.31. The van der Waals surface area contributed by atoms with Gasteiger partial charge in [0.15, 0.2) is 0 Å². The minimum absolute atomic E-state index is 0.0180. The molecule has 0 unspecified atom stereocenters. The van der Waals surface area contributed by atoms with Gasteiger partial charge in [0, 0.05) is 18.0 Å². The summed E-state index contributed by atoms with van der Waals surface area (Å²) >= 11 is 1.09. The molecule has 154 valence electrons. The Balaban J connectivity index is 1.68. The van der Waals surface area contributed by atoms with Crippen LogP contribution in [0, 0.1) is 17.1 Å². The molecule has 30 heavy (non-hydrogen) atoms. The first-order valence-electron chi connectivity index (χ1n) is 9.35. The number of hydrogen-bond acceptors (Lipinski definition) is 5. The Bertz CT molecular complexity index is 998. The highest BCUT2D eigenvalue weighted by atomic mass is 32.2. The van der Waals surface area contributed by atoms with Gasteiger partial charge in [0.1, 0.15) is 11.6 Å². The Morgan fingerprint density at radius 1 is 1.27 bits per heavy atom. The predicted molar refractivity (Wildman–Crippen MR) is 113 cm³/mol. The van der Waals surface area contributed by atoms with Gasteiger partial charge in [-0.1, -0.05) is 23.9 Å². The molecule has 2 aromatic carbocycles. The van der Waals surface area contributed by atoms with Crippen LogP contribution in [0.3, 0.4) is 0 Å². The van der Waals surface area contributed by atoms with Gasteiger partial charge in [-0.15, -0.1) is 0 Å². The smallest absolute Gasteiger partial charge is 0.234 e. The van der Waals surface area contributed by atoms with Gasteiger partial charge in [0.2, 0.25) is 11.8 Å². The molecule has 1 heterocycles. The maximum absolute atomic E-state index is 13.2. The Hall–Kier alpha value is -3.31. The van der Waals surface area contributed by atoms with Gasteiger partial charge < -0.3 is 15.4 Å². The molecular weight excluding hydrogens is 405 g/mol. The number of nitrogens with one attached hydrogen (secondary N) is 2. The maximum Gasteiger partial charge on any atom is 0.234 e. The fraction of sp³-hybridized carbons (Fsp3) is 0.227. The monoisotopic (exact) mass is 425 g/mol. The molecule has 1 aliphatic rings. The summed E-state index contributed by atoms with van der Waals surface area (Å²) in [4.78, 5) is 24.5. The summed E-state index contributed by atoms with van der Waals surface area (Å²) in [5, 5.41) is 15.4. The van der Waals surface area contributed by atoms with Crippen LogP contribution in [-0.4, -0.2) is 24.2 Å². The number of nitriles is 1. The summed E-state index contributed by atoms with van der Waals surface area (Å²) < 4.78 is 18.6. The van der Waals surface area contributed by atoms with Crippen LogP contribution in [0.2, 0.25) is 0 Å². The summed E-state index contributed by atoms with van der Waals surface area (Å²) in [5.74, 6) is -0.650. The van der Waals surface area contributed by atoms with Gasteiger partial charge in [-0.05, 0) is 48.9 Å². The second kappa shape index (κ2) is 9.94. The predicted octanol–water partition coefficient (Wildman–Crippen LogP) is 3.93. The number of carbonyl (C=O) groups is 2. The summed E-state index contributed by atoms with van der Waals surface area (Å²) in [6.45, 7) is 2.45. The molecule has 2 aromatic rings. The number of hydrogen-bond donors (Lipinski definition) is 2. The van der Waals surface area contributed by atoms with Crippen LogP contribution in [0.5, 0.6) is 5.75 Å². The summed E-state index contributed by atoms with van der Waals surface area (Å²) in [6, 6.07) is 14.9. The number of benzene rings is 2. The van der Waals surface area contributed by atoms with Gasteiger partial charge in [0.05, 0.1) is 29.0 Å². The van der Waals surface area contributed by atoms with Crippen molar-refractivity contribution in [2.24, 2.45) is 0 Å². The van der Waals surface area contributed by atoms with E-state index in [0.29, 0.717) is 34.2 Å². The summed E-state index contributed by atoms with van der Waals surface area (Å²) in [7, 11) is 0. The Kier molecular flexibility index (Phi) is 7.09. The molecule has 0 bridgehead atoms. The summed E-state index contributed by atoms with van der Waals surface area (Å²) in [6.07, 6.45) is 0.0942. The van der Waals surface area contributed by atoms with Crippen LogP contribution < -0.4 is 15.4 Å². The van der Waals surface area contributed by atoms with Crippen LogP contribution >= 0.6 is 11.8 Å². The quantitative estimate of drug-likeness (QED) is 0.701. The third-order valence-corrected chi connectivity index (χ3v) is 5.44. The molecule has 6 nitrogen and oxygen atoms in total. The second-order valence-corrected chi connectivity index (χ2v) is 7.49. The topological polar surface area (TPSA) is 91.2 Å². The number of amides is 2. The van der Waals surface area contributed by atoms with E-state index in [9.17, 15) is 19.2 Å². The van der Waals surface area contributed by atoms with Crippen molar-refractivity contribution in [2.45, 2.75) is 19.3 Å². The van der Waals surface area contributed by atoms with Crippen molar-refractivity contribution in [3.05, 3.63) is 70.5 Å². The van der Waals surface area contributed by atoms with Crippen LogP contribution in [-0.2, 0) is 9.59 Å². The van der Waals surface area contributed by atoms with Crippen molar-refractivity contribution in [3.8, 4) is 11.8 Å². The van der Waals surface area contributed by atoms with E-state index in [-0.39, 0.29) is 29.8 Å². The Morgan fingerprint density at radius 2 is 1.97 bits per heavy atom. The Morgan fingerprint density at radius 3 is 2.60 bits per heavy atom. The first-order valence-corrected chi connectivity index (χ1v) is 10.3. The van der Waals surface area contributed by atoms with E-state index in [1.807, 2.05) is 6.92 Å². The van der Waals surface area contributed by atoms with Gasteiger partial charge in [-0.3, -0.25) is 9.59 Å². The Labute approximate surface area is 178 Å². The number of anilines is 1. The van der Waals surface area contributed by atoms with E-state index in [4.69, 9.17) is 4.74 Å². The molecule has 8 heteroatoms. The summed E-state index contributed by atoms with van der Waals surface area (Å²) in [5.41, 5.74) is 1.66. The molecule has 2 amide bonds. The highest BCUT2D eigenvalue weighted by molar-refractivity contribution is 8.03. The molecule has 1 atom stereocenters. The third-order valence-electron chi connectivity index (χ3n) is 4.43. The van der Waals surface area contributed by atoms with E-state index >= 15 is 0 Å². The van der Waals surface area contributed by atoms with Crippen LogP contribution in [0.1, 0.15) is 24.8 Å². The van der Waals surface area contributed by atoms with E-state index in [1.165, 1.54) is 12.1 Å². The van der Waals surface area contributed by atoms with E-state index in [0.717, 1.165) is 11.8 Å². The van der Waals surface area contributed by atoms with Gasteiger partial charge >= 0.3 is 0 Å². The molecule has 3 rings (SSSR count). The second-order valence-electron chi connectivity index (χ2n) is 6.51. The van der Waals surface area contributed by atoms with Gasteiger partial charge in [-0.25, -0.2) is 4.39 Å². The fourth-order valence-electron chi connectivity index (χ4n) is 3.05. The van der Waals surface area contributed by atoms with Crippen molar-refractivity contribution in [1.29, 1.82) is 5.26 Å². The molecule has 0 fully saturated rings. The van der Waals surface area contributed by atoms with Crippen LogP contribution in [0.4, 0.5) is 10.1 Å². The molecular formula is C22H20FN3O3S. The van der Waals surface area contributed by atoms with Gasteiger partial charge in [0.25, 0.3) is 0 Å². The normalized spacial score (nSPS) is 15.9. The zero-order valence-electron chi connectivity index (χ0n) is 16.3. The third kappa shape index (κ3) is 5.39. The minimum atomic E-state index is -0.471. The number of halogens is 1. The zero-order chi connectivity index (χ0) is 21.5. The zero-order valence-corrected chi connectivity index (χ0v) is 17.1. The van der Waals surface area contributed by atoms with Crippen molar-refractivity contribution >= 4 is 29.3 Å². The van der Waals surface area contributed by atoms with Crippen molar-refractivity contribution in [2.75, 3.05) is 17.7 Å². The minimum Gasteiger partial charge on any atom is -0.494 e. The number of nitrogens with zero attached hydrogens (tertiary/aromatic N) is 1. The highest BCUT2D eigenvalue weighted by Gasteiger charge is 2.29. The molecule has 0 saturated heterocycles.